The molecule has 16 heavy (non-hydrogen) atoms. The van der Waals surface area contributed by atoms with E-state index in [1.165, 1.54) is 4.68 Å². The molecule has 0 spiro atoms. The van der Waals surface area contributed by atoms with Crippen LogP contribution in [-0.2, 0) is 13.5 Å². The molecule has 0 saturated heterocycles. The molecule has 1 aromatic heterocycles. The second-order valence-corrected chi connectivity index (χ2v) is 4.89. The molecular weight excluding hydrogens is 204 g/mol. The Hall–Kier alpha value is -1.52. The number of carbonyl (C=O) groups excluding carboxylic acids is 1. The number of nitrogens with zero attached hydrogens (tertiary/aromatic N) is 2. The van der Waals surface area contributed by atoms with Crippen LogP contribution in [0.3, 0.4) is 0 Å². The Kier molecular flexibility index (Phi) is 3.26. The summed E-state index contributed by atoms with van der Waals surface area (Å²) in [4.78, 5) is 12.0. The van der Waals surface area contributed by atoms with Gasteiger partial charge in [0.2, 0.25) is 0 Å². The molecule has 0 aliphatic rings. The van der Waals surface area contributed by atoms with Gasteiger partial charge in [-0.1, -0.05) is 6.92 Å². The molecule has 5 nitrogen and oxygen atoms in total. The summed E-state index contributed by atoms with van der Waals surface area (Å²) in [5.74, 6) is -0.181. The summed E-state index contributed by atoms with van der Waals surface area (Å²) >= 11 is 0. The monoisotopic (exact) mass is 224 g/mol. The Morgan fingerprint density at radius 1 is 1.50 bits per heavy atom. The molecule has 0 radical (unpaired) electrons. The molecule has 90 valence electrons. The number of rotatable bonds is 2. The van der Waals surface area contributed by atoms with Crippen LogP contribution in [0.4, 0.5) is 5.69 Å². The minimum absolute atomic E-state index is 0.181. The number of hydrogen-bond acceptors (Lipinski definition) is 3. The standard InChI is InChI=1S/C11H20N4O/c1-6-7-8(12)9(15(5)14-7)10(16)13-11(2,3)4/h6,12H2,1-5H3,(H,13,16). The zero-order valence-corrected chi connectivity index (χ0v) is 10.6. The van der Waals surface area contributed by atoms with E-state index < -0.39 is 0 Å². The van der Waals surface area contributed by atoms with Crippen LogP contribution in [0.2, 0.25) is 0 Å². The van der Waals surface area contributed by atoms with E-state index in [4.69, 9.17) is 5.73 Å². The van der Waals surface area contributed by atoms with Crippen molar-refractivity contribution in [3.05, 3.63) is 11.4 Å². The van der Waals surface area contributed by atoms with Crippen LogP contribution < -0.4 is 11.1 Å². The summed E-state index contributed by atoms with van der Waals surface area (Å²) in [6, 6.07) is 0. The number of aromatic nitrogens is 2. The molecule has 1 rings (SSSR count). The number of nitrogen functional groups attached to an aromatic ring is 1. The highest BCUT2D eigenvalue weighted by Crippen LogP contribution is 2.17. The third-order valence-electron chi connectivity index (χ3n) is 2.20. The fraction of sp³-hybridized carbons (Fsp3) is 0.636. The highest BCUT2D eigenvalue weighted by Gasteiger charge is 2.22. The molecule has 0 aliphatic heterocycles. The molecule has 0 aromatic carbocycles. The summed E-state index contributed by atoms with van der Waals surface area (Å²) in [7, 11) is 1.73. The minimum Gasteiger partial charge on any atom is -0.395 e. The van der Waals surface area contributed by atoms with Crippen LogP contribution in [-0.4, -0.2) is 21.2 Å². The second-order valence-electron chi connectivity index (χ2n) is 4.89. The number of hydrogen-bond donors (Lipinski definition) is 2. The van der Waals surface area contributed by atoms with E-state index in [1.807, 2.05) is 27.7 Å². The summed E-state index contributed by atoms with van der Waals surface area (Å²) in [6.07, 6.45) is 0.725. The Labute approximate surface area is 96.0 Å². The van der Waals surface area contributed by atoms with Crippen molar-refractivity contribution in [2.45, 2.75) is 39.7 Å². The maximum Gasteiger partial charge on any atom is 0.272 e. The summed E-state index contributed by atoms with van der Waals surface area (Å²) in [6.45, 7) is 7.75. The number of nitrogens with one attached hydrogen (secondary N) is 1. The van der Waals surface area contributed by atoms with E-state index in [2.05, 4.69) is 10.4 Å². The third-order valence-corrected chi connectivity index (χ3v) is 2.20. The largest absolute Gasteiger partial charge is 0.395 e. The van der Waals surface area contributed by atoms with E-state index in [0.717, 1.165) is 12.1 Å². The fourth-order valence-corrected chi connectivity index (χ4v) is 1.53. The van der Waals surface area contributed by atoms with Crippen molar-refractivity contribution in [2.75, 3.05) is 5.73 Å². The van der Waals surface area contributed by atoms with E-state index in [0.29, 0.717) is 11.4 Å². The second kappa shape index (κ2) is 4.15. The van der Waals surface area contributed by atoms with Crippen molar-refractivity contribution >= 4 is 11.6 Å². The van der Waals surface area contributed by atoms with E-state index in [9.17, 15) is 4.79 Å². The highest BCUT2D eigenvalue weighted by molar-refractivity contribution is 5.98. The van der Waals surface area contributed by atoms with E-state index in [-0.39, 0.29) is 11.4 Å². The lowest BCUT2D eigenvalue weighted by atomic mass is 10.1. The van der Waals surface area contributed by atoms with Gasteiger partial charge in [-0.05, 0) is 27.2 Å². The van der Waals surface area contributed by atoms with E-state index >= 15 is 0 Å². The smallest absolute Gasteiger partial charge is 0.272 e. The highest BCUT2D eigenvalue weighted by atomic mass is 16.2. The first kappa shape index (κ1) is 12.5. The maximum absolute atomic E-state index is 12.0. The van der Waals surface area contributed by atoms with Crippen LogP contribution in [0.15, 0.2) is 0 Å². The Morgan fingerprint density at radius 2 is 2.06 bits per heavy atom. The average Bonchev–Trinajstić information content (AvgIpc) is 2.38. The Bertz CT molecular complexity index is 401. The predicted molar refractivity (Wildman–Crippen MR) is 64.2 cm³/mol. The van der Waals surface area contributed by atoms with Crippen molar-refractivity contribution in [1.29, 1.82) is 0 Å². The first-order chi connectivity index (χ1) is 7.26. The van der Waals surface area contributed by atoms with Crippen molar-refractivity contribution in [2.24, 2.45) is 7.05 Å². The average molecular weight is 224 g/mol. The topological polar surface area (TPSA) is 72.9 Å². The van der Waals surface area contributed by atoms with Crippen LogP contribution in [0, 0.1) is 0 Å². The lowest BCUT2D eigenvalue weighted by molar-refractivity contribution is 0.0911. The zero-order valence-electron chi connectivity index (χ0n) is 10.6. The molecule has 0 atom stereocenters. The molecule has 0 bridgehead atoms. The fourth-order valence-electron chi connectivity index (χ4n) is 1.53. The minimum atomic E-state index is -0.278. The van der Waals surface area contributed by atoms with Crippen LogP contribution >= 0.6 is 0 Å². The molecule has 0 saturated carbocycles. The first-order valence-electron chi connectivity index (χ1n) is 5.40. The van der Waals surface area contributed by atoms with Gasteiger partial charge in [0.25, 0.3) is 5.91 Å². The van der Waals surface area contributed by atoms with Gasteiger partial charge in [-0.25, -0.2) is 0 Å². The van der Waals surface area contributed by atoms with Crippen molar-refractivity contribution in [1.82, 2.24) is 15.1 Å². The molecule has 1 heterocycles. The normalized spacial score (nSPS) is 11.6. The molecule has 3 N–H and O–H groups in total. The lowest BCUT2D eigenvalue weighted by Gasteiger charge is -2.20. The molecular formula is C11H20N4O. The van der Waals surface area contributed by atoms with Gasteiger partial charge in [0, 0.05) is 12.6 Å². The molecule has 1 aromatic rings. The molecule has 0 unspecified atom stereocenters. The SMILES string of the molecule is CCc1nn(C)c(C(=O)NC(C)(C)C)c1N. The molecule has 0 aliphatic carbocycles. The summed E-state index contributed by atoms with van der Waals surface area (Å²) in [5.41, 5.74) is 7.29. The van der Waals surface area contributed by atoms with E-state index in [1.54, 1.807) is 7.05 Å². The Balaban J connectivity index is 3.04. The zero-order chi connectivity index (χ0) is 12.5. The van der Waals surface area contributed by atoms with Crippen molar-refractivity contribution in [3.63, 3.8) is 0 Å². The summed E-state index contributed by atoms with van der Waals surface area (Å²) < 4.78 is 1.54. The molecule has 5 heteroatoms. The Morgan fingerprint density at radius 3 is 2.44 bits per heavy atom. The van der Waals surface area contributed by atoms with Crippen molar-refractivity contribution < 1.29 is 4.79 Å². The van der Waals surface area contributed by atoms with Gasteiger partial charge in [0.1, 0.15) is 5.69 Å². The van der Waals surface area contributed by atoms with Gasteiger partial charge in [-0.2, -0.15) is 5.10 Å². The van der Waals surface area contributed by atoms with Crippen LogP contribution in [0.25, 0.3) is 0 Å². The van der Waals surface area contributed by atoms with Crippen molar-refractivity contribution in [3.8, 4) is 0 Å². The van der Waals surface area contributed by atoms with Crippen LogP contribution in [0.1, 0.15) is 43.9 Å². The maximum atomic E-state index is 12.0. The number of aryl methyl sites for hydroxylation is 2. The predicted octanol–water partition coefficient (Wildman–Crippen LogP) is 1.09. The van der Waals surface area contributed by atoms with Gasteiger partial charge < -0.3 is 11.1 Å². The van der Waals surface area contributed by atoms with Gasteiger partial charge in [-0.3, -0.25) is 9.48 Å². The first-order valence-corrected chi connectivity index (χ1v) is 5.40. The van der Waals surface area contributed by atoms with Gasteiger partial charge in [-0.15, -0.1) is 0 Å². The molecule has 0 fully saturated rings. The molecule has 1 amide bonds. The van der Waals surface area contributed by atoms with Gasteiger partial charge in [0.05, 0.1) is 11.4 Å². The number of anilines is 1. The third kappa shape index (κ3) is 2.53. The lowest BCUT2D eigenvalue weighted by Crippen LogP contribution is -2.41. The number of nitrogens with two attached hydrogens (primary N) is 1. The summed E-state index contributed by atoms with van der Waals surface area (Å²) in [5, 5.41) is 7.09. The van der Waals surface area contributed by atoms with Gasteiger partial charge in [0.15, 0.2) is 0 Å². The number of carbonyl (C=O) groups is 1. The van der Waals surface area contributed by atoms with Crippen LogP contribution in [0.5, 0.6) is 0 Å². The quantitative estimate of drug-likeness (QED) is 0.790. The van der Waals surface area contributed by atoms with Gasteiger partial charge >= 0.3 is 0 Å². The number of amides is 1.